The van der Waals surface area contributed by atoms with E-state index < -0.39 is 0 Å². The van der Waals surface area contributed by atoms with Crippen LogP contribution < -0.4 is 9.80 Å². The van der Waals surface area contributed by atoms with Crippen LogP contribution in [0.25, 0.3) is 64.2 Å². The Morgan fingerprint density at radius 1 is 0.358 bits per heavy atom. The lowest BCUT2D eigenvalue weighted by Gasteiger charge is -2.25. The van der Waals surface area contributed by atoms with E-state index in [1.165, 1.54) is 4.70 Å². The summed E-state index contributed by atoms with van der Waals surface area (Å²) in [7, 11) is 0. The molecule has 0 aliphatic heterocycles. The molecule has 11 aromatic rings. The summed E-state index contributed by atoms with van der Waals surface area (Å²) in [5.74, 6) is 0. The molecule has 0 fully saturated rings. The SMILES string of the molecule is c1ccc(N(c2ccc3c(c2)oc2ccccc23)c2ccc3c(c2)sc2cc(N(c4ccccc4)c4ccc5c(c4)oc4ccccc45)cnc23)cc1. The third-order valence-corrected chi connectivity index (χ3v) is 11.2. The number of furan rings is 2. The molecular formula is C47H29N3O2S. The predicted molar refractivity (Wildman–Crippen MR) is 221 cm³/mol. The number of anilines is 6. The van der Waals surface area contributed by atoms with Crippen LogP contribution in [0.2, 0.25) is 0 Å². The second kappa shape index (κ2) is 11.8. The Morgan fingerprint density at radius 3 is 1.40 bits per heavy atom. The third kappa shape index (κ3) is 4.88. The average Bonchev–Trinajstić information content (AvgIpc) is 3.89. The molecule has 11 rings (SSSR count). The van der Waals surface area contributed by atoms with Crippen LogP contribution in [0.5, 0.6) is 0 Å². The van der Waals surface area contributed by atoms with Gasteiger partial charge in [0.25, 0.3) is 0 Å². The fraction of sp³-hybridized carbons (Fsp3) is 0. The van der Waals surface area contributed by atoms with Gasteiger partial charge in [0.15, 0.2) is 0 Å². The van der Waals surface area contributed by atoms with Gasteiger partial charge in [0.2, 0.25) is 0 Å². The average molecular weight is 700 g/mol. The van der Waals surface area contributed by atoms with Gasteiger partial charge in [0.05, 0.1) is 22.1 Å². The monoisotopic (exact) mass is 699 g/mol. The molecule has 0 saturated heterocycles. The molecule has 0 N–H and O–H groups in total. The quantitative estimate of drug-likeness (QED) is 0.173. The van der Waals surface area contributed by atoms with Crippen molar-refractivity contribution < 1.29 is 8.83 Å². The van der Waals surface area contributed by atoms with Crippen molar-refractivity contribution in [3.05, 3.63) is 176 Å². The molecule has 0 aliphatic carbocycles. The number of hydrogen-bond donors (Lipinski definition) is 0. The molecule has 0 spiro atoms. The Labute approximate surface area is 308 Å². The zero-order valence-corrected chi connectivity index (χ0v) is 29.1. The van der Waals surface area contributed by atoms with Gasteiger partial charge >= 0.3 is 0 Å². The standard InChI is InChI=1S/C47H29N3O2S/c1-3-11-30(12-4-1)49(32-19-22-38-36-15-7-9-17-41(36)51-43(38)25-32)34-21-24-40-45(27-34)53-46-28-35(29-48-47(40)46)50(31-13-5-2-6-14-31)33-20-23-39-37-16-8-10-18-42(37)52-44(39)26-33/h1-29H. The molecule has 0 atom stereocenters. The number of fused-ring (bicyclic) bond motifs is 9. The molecule has 0 unspecified atom stereocenters. The number of benzene rings is 7. The van der Waals surface area contributed by atoms with Gasteiger partial charge in [-0.1, -0.05) is 72.8 Å². The molecule has 53 heavy (non-hydrogen) atoms. The number of pyridine rings is 1. The fourth-order valence-corrected chi connectivity index (χ4v) is 8.77. The van der Waals surface area contributed by atoms with Crippen LogP contribution in [0.15, 0.2) is 185 Å². The van der Waals surface area contributed by atoms with E-state index in [4.69, 9.17) is 13.8 Å². The lowest BCUT2D eigenvalue weighted by atomic mass is 10.1. The normalized spacial score (nSPS) is 11.8. The Kier molecular flexibility index (Phi) is 6.66. The third-order valence-electron chi connectivity index (χ3n) is 10.1. The summed E-state index contributed by atoms with van der Waals surface area (Å²) in [5, 5.41) is 5.60. The van der Waals surface area contributed by atoms with Gasteiger partial charge in [-0.3, -0.25) is 4.98 Å². The topological polar surface area (TPSA) is 45.7 Å². The minimum absolute atomic E-state index is 0.857. The molecule has 4 heterocycles. The maximum absolute atomic E-state index is 6.31. The van der Waals surface area contributed by atoms with Crippen LogP contribution >= 0.6 is 11.3 Å². The molecule has 0 radical (unpaired) electrons. The highest BCUT2D eigenvalue weighted by Crippen LogP contribution is 2.44. The van der Waals surface area contributed by atoms with Crippen molar-refractivity contribution in [3.8, 4) is 0 Å². The van der Waals surface area contributed by atoms with E-state index in [2.05, 4.69) is 149 Å². The molecule has 0 bridgehead atoms. The summed E-state index contributed by atoms with van der Waals surface area (Å²) in [6, 6.07) is 59.2. The molecule has 0 amide bonds. The summed E-state index contributed by atoms with van der Waals surface area (Å²) >= 11 is 1.76. The van der Waals surface area contributed by atoms with Crippen LogP contribution in [0.3, 0.4) is 0 Å². The first-order valence-electron chi connectivity index (χ1n) is 17.6. The summed E-state index contributed by atoms with van der Waals surface area (Å²) in [6.45, 7) is 0. The summed E-state index contributed by atoms with van der Waals surface area (Å²) in [5.41, 5.74) is 10.7. The van der Waals surface area contributed by atoms with Crippen LogP contribution in [0, 0.1) is 0 Å². The minimum Gasteiger partial charge on any atom is -0.456 e. The van der Waals surface area contributed by atoms with Crippen molar-refractivity contribution in [2.45, 2.75) is 0 Å². The van der Waals surface area contributed by atoms with Gasteiger partial charge in [-0.25, -0.2) is 0 Å². The Hall–Kier alpha value is -6.89. The number of hydrogen-bond acceptors (Lipinski definition) is 6. The zero-order valence-electron chi connectivity index (χ0n) is 28.3. The highest BCUT2D eigenvalue weighted by Gasteiger charge is 2.20. The molecule has 0 saturated carbocycles. The van der Waals surface area contributed by atoms with Crippen LogP contribution in [0.1, 0.15) is 0 Å². The highest BCUT2D eigenvalue weighted by molar-refractivity contribution is 7.25. The predicted octanol–water partition coefficient (Wildman–Crippen LogP) is 14.2. The largest absolute Gasteiger partial charge is 0.456 e. The smallest absolute Gasteiger partial charge is 0.137 e. The van der Waals surface area contributed by atoms with Gasteiger partial charge in [-0.15, -0.1) is 11.3 Å². The molecule has 5 nitrogen and oxygen atoms in total. The fourth-order valence-electron chi connectivity index (χ4n) is 7.64. The Balaban J connectivity index is 1.03. The van der Waals surface area contributed by atoms with Crippen molar-refractivity contribution in [2.75, 3.05) is 9.80 Å². The number of aromatic nitrogens is 1. The minimum atomic E-state index is 0.857. The maximum Gasteiger partial charge on any atom is 0.137 e. The number of thiophene rings is 1. The van der Waals surface area contributed by atoms with Crippen LogP contribution in [-0.4, -0.2) is 4.98 Å². The number of para-hydroxylation sites is 4. The van der Waals surface area contributed by atoms with Crippen molar-refractivity contribution in [3.63, 3.8) is 0 Å². The second-order valence-electron chi connectivity index (χ2n) is 13.2. The van der Waals surface area contributed by atoms with Gasteiger partial charge in [0.1, 0.15) is 22.3 Å². The van der Waals surface area contributed by atoms with Crippen LogP contribution in [0.4, 0.5) is 34.1 Å². The van der Waals surface area contributed by atoms with Gasteiger partial charge in [0, 0.05) is 72.2 Å². The van der Waals surface area contributed by atoms with E-state index in [9.17, 15) is 0 Å². The molecule has 6 heteroatoms. The lowest BCUT2D eigenvalue weighted by Crippen LogP contribution is -2.10. The summed E-state index contributed by atoms with van der Waals surface area (Å²) in [4.78, 5) is 9.65. The highest BCUT2D eigenvalue weighted by atomic mass is 32.1. The Bertz CT molecular complexity index is 2930. The Morgan fingerprint density at radius 2 is 0.811 bits per heavy atom. The van der Waals surface area contributed by atoms with Crippen molar-refractivity contribution in [1.82, 2.24) is 4.98 Å². The zero-order chi connectivity index (χ0) is 34.9. The molecule has 250 valence electrons. The van der Waals surface area contributed by atoms with E-state index in [1.54, 1.807) is 11.3 Å². The van der Waals surface area contributed by atoms with E-state index in [0.717, 1.165) is 93.6 Å². The number of nitrogens with zero attached hydrogens (tertiary/aromatic N) is 3. The molecule has 4 aromatic heterocycles. The second-order valence-corrected chi connectivity index (χ2v) is 14.3. The molecule has 7 aromatic carbocycles. The van der Waals surface area contributed by atoms with Crippen molar-refractivity contribution >= 4 is 110 Å². The van der Waals surface area contributed by atoms with Crippen LogP contribution in [-0.2, 0) is 0 Å². The van der Waals surface area contributed by atoms with E-state index in [0.29, 0.717) is 0 Å². The first-order chi connectivity index (χ1) is 26.2. The molecule has 0 aliphatic rings. The van der Waals surface area contributed by atoms with E-state index >= 15 is 0 Å². The summed E-state index contributed by atoms with van der Waals surface area (Å²) < 4.78 is 14.9. The van der Waals surface area contributed by atoms with Gasteiger partial charge in [-0.05, 0) is 84.9 Å². The number of rotatable bonds is 6. The van der Waals surface area contributed by atoms with Crippen molar-refractivity contribution in [1.29, 1.82) is 0 Å². The van der Waals surface area contributed by atoms with E-state index in [1.807, 2.05) is 36.5 Å². The first-order valence-corrected chi connectivity index (χ1v) is 18.4. The maximum atomic E-state index is 6.31. The summed E-state index contributed by atoms with van der Waals surface area (Å²) in [6.07, 6.45) is 1.98. The first kappa shape index (κ1) is 29.8. The van der Waals surface area contributed by atoms with Gasteiger partial charge < -0.3 is 18.6 Å². The van der Waals surface area contributed by atoms with Gasteiger partial charge in [-0.2, -0.15) is 0 Å². The van der Waals surface area contributed by atoms with Crippen molar-refractivity contribution in [2.24, 2.45) is 0 Å². The molecular weight excluding hydrogens is 671 g/mol. The lowest BCUT2D eigenvalue weighted by molar-refractivity contribution is 0.668. The van der Waals surface area contributed by atoms with E-state index in [-0.39, 0.29) is 0 Å².